The zero-order chi connectivity index (χ0) is 21.8. The number of nitrogen functional groups attached to an aromatic ring is 1. The summed E-state index contributed by atoms with van der Waals surface area (Å²) in [7, 11) is 0. The number of rotatable bonds is 7. The highest BCUT2D eigenvalue weighted by Crippen LogP contribution is 2.27. The number of carboxylic acids is 1. The standard InChI is InChI=1S/C21H24N8O2/c22-20(23)16-4-7-18(24-13-16)28-11-9-15(10-12-28)21-25-27-29(26-21)17-5-1-14(2-6-17)3-8-19(30)31/h1-2,4-7,13,15H,3,8-12H2,(H3,22,23)(H,30,31). The van der Waals surface area contributed by atoms with Gasteiger partial charge in [0.05, 0.1) is 5.69 Å². The Morgan fingerprint density at radius 1 is 1.16 bits per heavy atom. The van der Waals surface area contributed by atoms with Gasteiger partial charge in [-0.25, -0.2) is 4.98 Å². The minimum atomic E-state index is -0.804. The topological polar surface area (TPSA) is 147 Å². The van der Waals surface area contributed by atoms with Gasteiger partial charge < -0.3 is 15.7 Å². The molecular weight excluding hydrogens is 396 g/mol. The predicted octanol–water partition coefficient (Wildman–Crippen LogP) is 1.74. The van der Waals surface area contributed by atoms with Gasteiger partial charge in [0.15, 0.2) is 5.82 Å². The van der Waals surface area contributed by atoms with Gasteiger partial charge in [-0.1, -0.05) is 12.1 Å². The lowest BCUT2D eigenvalue weighted by Gasteiger charge is -2.31. The Morgan fingerprint density at radius 3 is 2.52 bits per heavy atom. The van der Waals surface area contributed by atoms with Crippen molar-refractivity contribution in [2.45, 2.75) is 31.6 Å². The van der Waals surface area contributed by atoms with Crippen LogP contribution in [0.5, 0.6) is 0 Å². The highest BCUT2D eigenvalue weighted by atomic mass is 16.4. The third-order valence-corrected chi connectivity index (χ3v) is 5.47. The van der Waals surface area contributed by atoms with Gasteiger partial charge in [-0.3, -0.25) is 10.2 Å². The minimum Gasteiger partial charge on any atom is -0.481 e. The number of aliphatic carboxylic acids is 1. The highest BCUT2D eigenvalue weighted by Gasteiger charge is 2.25. The average Bonchev–Trinajstić information content (AvgIpc) is 3.28. The van der Waals surface area contributed by atoms with Crippen LogP contribution in [-0.4, -0.2) is 55.2 Å². The molecule has 3 aromatic rings. The monoisotopic (exact) mass is 420 g/mol. The Kier molecular flexibility index (Phi) is 5.87. The molecule has 0 spiro atoms. The van der Waals surface area contributed by atoms with Crippen LogP contribution in [0.3, 0.4) is 0 Å². The van der Waals surface area contributed by atoms with E-state index in [-0.39, 0.29) is 18.2 Å². The third-order valence-electron chi connectivity index (χ3n) is 5.47. The molecule has 4 rings (SSSR count). The zero-order valence-corrected chi connectivity index (χ0v) is 17.0. The fourth-order valence-corrected chi connectivity index (χ4v) is 3.64. The second-order valence-corrected chi connectivity index (χ2v) is 7.58. The molecule has 1 aliphatic heterocycles. The largest absolute Gasteiger partial charge is 0.481 e. The second kappa shape index (κ2) is 8.90. The quantitative estimate of drug-likeness (QED) is 0.387. The molecule has 2 aromatic heterocycles. The number of hydrogen-bond acceptors (Lipinski definition) is 7. The Balaban J connectivity index is 1.36. The van der Waals surface area contributed by atoms with Gasteiger partial charge in [0.2, 0.25) is 0 Å². The number of aromatic nitrogens is 5. The van der Waals surface area contributed by atoms with Crippen LogP contribution in [0.1, 0.15) is 42.1 Å². The first-order chi connectivity index (χ1) is 15.0. The maximum atomic E-state index is 10.7. The third kappa shape index (κ3) is 4.85. The maximum absolute atomic E-state index is 10.7. The molecule has 1 fully saturated rings. The summed E-state index contributed by atoms with van der Waals surface area (Å²) >= 11 is 0. The molecule has 3 heterocycles. The smallest absolute Gasteiger partial charge is 0.303 e. The molecule has 0 aliphatic carbocycles. The number of carbonyl (C=O) groups is 1. The summed E-state index contributed by atoms with van der Waals surface area (Å²) in [6.07, 6.45) is 4.03. The molecular formula is C21H24N8O2. The number of nitrogens with zero attached hydrogens (tertiary/aromatic N) is 6. The van der Waals surface area contributed by atoms with Crippen LogP contribution in [0.2, 0.25) is 0 Å². The van der Waals surface area contributed by atoms with E-state index in [1.54, 1.807) is 6.20 Å². The molecule has 0 amide bonds. The lowest BCUT2D eigenvalue weighted by molar-refractivity contribution is -0.136. The Labute approximate surface area is 179 Å². The average molecular weight is 420 g/mol. The lowest BCUT2D eigenvalue weighted by atomic mass is 9.96. The van der Waals surface area contributed by atoms with E-state index in [0.29, 0.717) is 12.0 Å². The lowest BCUT2D eigenvalue weighted by Crippen LogP contribution is -2.33. The van der Waals surface area contributed by atoms with Crippen LogP contribution in [0.4, 0.5) is 5.82 Å². The molecule has 10 nitrogen and oxygen atoms in total. The molecule has 31 heavy (non-hydrogen) atoms. The molecule has 0 atom stereocenters. The normalized spacial score (nSPS) is 14.5. The molecule has 1 saturated heterocycles. The number of aryl methyl sites for hydroxylation is 1. The first-order valence-corrected chi connectivity index (χ1v) is 10.2. The molecule has 160 valence electrons. The molecule has 4 N–H and O–H groups in total. The number of tetrazole rings is 1. The van der Waals surface area contributed by atoms with E-state index >= 15 is 0 Å². The summed E-state index contributed by atoms with van der Waals surface area (Å²) in [5, 5.41) is 29.3. The van der Waals surface area contributed by atoms with Crippen LogP contribution < -0.4 is 10.6 Å². The summed E-state index contributed by atoms with van der Waals surface area (Å²) in [5.41, 5.74) is 7.87. The van der Waals surface area contributed by atoms with Crippen molar-refractivity contribution in [3.8, 4) is 5.69 Å². The van der Waals surface area contributed by atoms with E-state index in [4.69, 9.17) is 16.2 Å². The van der Waals surface area contributed by atoms with Crippen LogP contribution in [0.25, 0.3) is 5.69 Å². The number of anilines is 1. The van der Waals surface area contributed by atoms with Crippen molar-refractivity contribution >= 4 is 17.6 Å². The van der Waals surface area contributed by atoms with E-state index in [1.165, 1.54) is 4.80 Å². The molecule has 0 unspecified atom stereocenters. The van der Waals surface area contributed by atoms with Crippen LogP contribution in [0, 0.1) is 5.41 Å². The molecule has 10 heteroatoms. The number of amidine groups is 1. The number of pyridine rings is 1. The Bertz CT molecular complexity index is 1050. The molecule has 0 bridgehead atoms. The summed E-state index contributed by atoms with van der Waals surface area (Å²) in [5.74, 6) is 1.05. The molecule has 1 aromatic carbocycles. The number of carboxylic acid groups (broad SMARTS) is 1. The number of hydrogen-bond donors (Lipinski definition) is 3. The fraction of sp³-hybridized carbons (Fsp3) is 0.333. The summed E-state index contributed by atoms with van der Waals surface area (Å²) in [6.45, 7) is 1.67. The van der Waals surface area contributed by atoms with Gasteiger partial charge in [0, 0.05) is 37.2 Å². The first kappa shape index (κ1) is 20.5. The van der Waals surface area contributed by atoms with Crippen molar-refractivity contribution < 1.29 is 9.90 Å². The van der Waals surface area contributed by atoms with Crippen LogP contribution >= 0.6 is 0 Å². The van der Waals surface area contributed by atoms with Gasteiger partial charge in [0.25, 0.3) is 0 Å². The van der Waals surface area contributed by atoms with E-state index in [1.807, 2.05) is 36.4 Å². The van der Waals surface area contributed by atoms with Crippen LogP contribution in [0.15, 0.2) is 42.6 Å². The van der Waals surface area contributed by atoms with Crippen molar-refractivity contribution in [2.24, 2.45) is 5.73 Å². The second-order valence-electron chi connectivity index (χ2n) is 7.58. The van der Waals surface area contributed by atoms with Gasteiger partial charge in [-0.2, -0.15) is 0 Å². The number of nitrogens with two attached hydrogens (primary N) is 1. The highest BCUT2D eigenvalue weighted by molar-refractivity contribution is 5.94. The zero-order valence-electron chi connectivity index (χ0n) is 17.0. The van der Waals surface area contributed by atoms with Crippen LogP contribution in [-0.2, 0) is 11.2 Å². The van der Waals surface area contributed by atoms with Crippen molar-refractivity contribution in [3.05, 3.63) is 59.5 Å². The minimum absolute atomic E-state index is 0.0156. The van der Waals surface area contributed by atoms with E-state index < -0.39 is 5.97 Å². The van der Waals surface area contributed by atoms with E-state index in [9.17, 15) is 4.79 Å². The number of piperidine rings is 1. The molecule has 0 radical (unpaired) electrons. The summed E-state index contributed by atoms with van der Waals surface area (Å²) in [6, 6.07) is 11.3. The van der Waals surface area contributed by atoms with Gasteiger partial charge in [-0.15, -0.1) is 15.0 Å². The Hall–Kier alpha value is -3.82. The SMILES string of the molecule is N=C(N)c1ccc(N2CCC(c3nnn(-c4ccc(CCC(=O)O)cc4)n3)CC2)nc1. The van der Waals surface area contributed by atoms with E-state index in [2.05, 4.69) is 25.3 Å². The summed E-state index contributed by atoms with van der Waals surface area (Å²) < 4.78 is 0. The van der Waals surface area contributed by atoms with Gasteiger partial charge in [-0.05, 0) is 54.3 Å². The van der Waals surface area contributed by atoms with Crippen molar-refractivity contribution in [2.75, 3.05) is 18.0 Å². The number of nitrogens with one attached hydrogen (secondary N) is 1. The van der Waals surface area contributed by atoms with E-state index in [0.717, 1.165) is 48.8 Å². The van der Waals surface area contributed by atoms with Crippen molar-refractivity contribution in [3.63, 3.8) is 0 Å². The number of benzene rings is 1. The molecule has 1 aliphatic rings. The fourth-order valence-electron chi connectivity index (χ4n) is 3.64. The predicted molar refractivity (Wildman–Crippen MR) is 115 cm³/mol. The van der Waals surface area contributed by atoms with Gasteiger partial charge >= 0.3 is 5.97 Å². The van der Waals surface area contributed by atoms with Crippen molar-refractivity contribution in [1.82, 2.24) is 25.2 Å². The van der Waals surface area contributed by atoms with Gasteiger partial charge in [0.1, 0.15) is 11.7 Å². The molecule has 0 saturated carbocycles. The van der Waals surface area contributed by atoms with Crippen molar-refractivity contribution in [1.29, 1.82) is 5.41 Å². The first-order valence-electron chi connectivity index (χ1n) is 10.2. The summed E-state index contributed by atoms with van der Waals surface area (Å²) in [4.78, 5) is 18.8. The maximum Gasteiger partial charge on any atom is 0.303 e. The Morgan fingerprint density at radius 2 is 1.90 bits per heavy atom.